The van der Waals surface area contributed by atoms with Gasteiger partial charge in [-0.2, -0.15) is 0 Å². The van der Waals surface area contributed by atoms with Crippen LogP contribution in [0.5, 0.6) is 0 Å². The van der Waals surface area contributed by atoms with Crippen molar-refractivity contribution in [1.82, 2.24) is 4.90 Å². The number of carbonyl (C=O) groups excluding carboxylic acids is 3. The molecule has 0 fully saturated rings. The first kappa shape index (κ1) is 17.9. The minimum atomic E-state index is -1.97. The molecule has 2 rings (SSSR count). The topological polar surface area (TPSA) is 72.9 Å². The summed E-state index contributed by atoms with van der Waals surface area (Å²) in [5.41, 5.74) is 0.783. The van der Waals surface area contributed by atoms with Crippen LogP contribution < -0.4 is 0 Å². The number of hydrogen-bond donors (Lipinski definition) is 0. The number of methoxy groups -OCH3 is 1. The Labute approximate surface area is 142 Å². The summed E-state index contributed by atoms with van der Waals surface area (Å²) >= 11 is 0. The molecule has 2 amide bonds. The van der Waals surface area contributed by atoms with Crippen LogP contribution in [-0.4, -0.2) is 44.7 Å². The van der Waals surface area contributed by atoms with Gasteiger partial charge in [-0.05, 0) is 37.8 Å². The van der Waals surface area contributed by atoms with Crippen molar-refractivity contribution in [2.45, 2.75) is 26.1 Å². The predicted octanol–water partition coefficient (Wildman–Crippen LogP) is 2.58. The van der Waals surface area contributed by atoms with Crippen LogP contribution in [0.15, 0.2) is 36.1 Å². The van der Waals surface area contributed by atoms with Crippen LogP contribution in [0, 0.1) is 0 Å². The van der Waals surface area contributed by atoms with Gasteiger partial charge in [0.15, 0.2) is 0 Å². The highest BCUT2D eigenvalue weighted by atomic mass is 28.4. The van der Waals surface area contributed by atoms with E-state index in [9.17, 15) is 14.4 Å². The standard InChI is InChI=1S/C17H21NO5Si/c1-22-15(19)10-9-12(23-24(2,3)4)11-18-16(20)13-7-5-6-8-14(13)17(18)21/h5-9H,10-11H2,1-4H3/b12-9+. The lowest BCUT2D eigenvalue weighted by molar-refractivity contribution is -0.139. The maximum atomic E-state index is 12.4. The highest BCUT2D eigenvalue weighted by Crippen LogP contribution is 2.24. The molecular formula is C17H21NO5Si. The molecule has 128 valence electrons. The molecule has 0 bridgehead atoms. The SMILES string of the molecule is COC(=O)C/C=C(\CN1C(=O)c2ccccc2C1=O)O[Si](C)(C)C. The van der Waals surface area contributed by atoms with Crippen molar-refractivity contribution in [3.05, 3.63) is 47.2 Å². The Morgan fingerprint density at radius 1 is 1.12 bits per heavy atom. The lowest BCUT2D eigenvalue weighted by Gasteiger charge is -2.24. The lowest BCUT2D eigenvalue weighted by atomic mass is 10.1. The highest BCUT2D eigenvalue weighted by Gasteiger charge is 2.36. The van der Waals surface area contributed by atoms with E-state index in [4.69, 9.17) is 4.43 Å². The van der Waals surface area contributed by atoms with E-state index in [2.05, 4.69) is 4.74 Å². The molecule has 0 atom stereocenters. The normalized spacial score (nSPS) is 14.7. The second kappa shape index (κ2) is 7.00. The second-order valence-electron chi connectivity index (χ2n) is 6.41. The number of esters is 1. The van der Waals surface area contributed by atoms with Crippen LogP contribution in [0.25, 0.3) is 0 Å². The number of amides is 2. The first-order valence-corrected chi connectivity index (χ1v) is 11.0. The maximum Gasteiger partial charge on any atom is 0.309 e. The van der Waals surface area contributed by atoms with E-state index in [1.54, 1.807) is 30.3 Å². The Balaban J connectivity index is 2.22. The summed E-state index contributed by atoms with van der Waals surface area (Å²) in [6.45, 7) is 5.97. The molecule has 1 aromatic rings. The van der Waals surface area contributed by atoms with Crippen LogP contribution in [0.3, 0.4) is 0 Å². The van der Waals surface area contributed by atoms with E-state index < -0.39 is 14.3 Å². The number of carbonyl (C=O) groups is 3. The molecule has 0 saturated heterocycles. The predicted molar refractivity (Wildman–Crippen MR) is 91.0 cm³/mol. The summed E-state index contributed by atoms with van der Waals surface area (Å²) in [7, 11) is -0.663. The molecule has 0 aliphatic carbocycles. The van der Waals surface area contributed by atoms with Gasteiger partial charge in [-0.1, -0.05) is 12.1 Å². The van der Waals surface area contributed by atoms with Crippen LogP contribution >= 0.6 is 0 Å². The molecule has 7 heteroatoms. The summed E-state index contributed by atoms with van der Waals surface area (Å²) in [4.78, 5) is 37.4. The number of benzene rings is 1. The quantitative estimate of drug-likeness (QED) is 0.342. The van der Waals surface area contributed by atoms with E-state index in [0.717, 1.165) is 4.90 Å². The monoisotopic (exact) mass is 347 g/mol. The molecule has 0 saturated carbocycles. The Morgan fingerprint density at radius 3 is 2.12 bits per heavy atom. The Kier molecular flexibility index (Phi) is 5.23. The number of nitrogens with zero attached hydrogens (tertiary/aromatic N) is 1. The van der Waals surface area contributed by atoms with Crippen LogP contribution in [-0.2, 0) is 14.0 Å². The summed E-state index contributed by atoms with van der Waals surface area (Å²) in [5, 5.41) is 0. The number of fused-ring (bicyclic) bond motifs is 1. The molecule has 1 aromatic carbocycles. The van der Waals surface area contributed by atoms with Gasteiger partial charge in [-0.3, -0.25) is 19.3 Å². The molecule has 0 radical (unpaired) electrons. The third-order valence-electron chi connectivity index (χ3n) is 3.35. The fourth-order valence-corrected chi connectivity index (χ4v) is 3.29. The minimum absolute atomic E-state index is 0.00755. The van der Waals surface area contributed by atoms with E-state index in [-0.39, 0.29) is 24.8 Å². The van der Waals surface area contributed by atoms with Crippen LogP contribution in [0.1, 0.15) is 27.1 Å². The zero-order chi connectivity index (χ0) is 17.9. The van der Waals surface area contributed by atoms with Crippen molar-refractivity contribution in [3.63, 3.8) is 0 Å². The Morgan fingerprint density at radius 2 is 1.67 bits per heavy atom. The van der Waals surface area contributed by atoms with Gasteiger partial charge in [0, 0.05) is 0 Å². The first-order chi connectivity index (χ1) is 11.2. The summed E-state index contributed by atoms with van der Waals surface area (Å²) in [5.74, 6) is -0.666. The molecule has 0 N–H and O–H groups in total. The zero-order valence-corrected chi connectivity index (χ0v) is 15.3. The van der Waals surface area contributed by atoms with Gasteiger partial charge in [0.1, 0.15) is 0 Å². The number of ether oxygens (including phenoxy) is 1. The van der Waals surface area contributed by atoms with E-state index in [1.807, 2.05) is 19.6 Å². The van der Waals surface area contributed by atoms with Crippen molar-refractivity contribution < 1.29 is 23.5 Å². The molecule has 1 heterocycles. The average molecular weight is 347 g/mol. The average Bonchev–Trinajstić information content (AvgIpc) is 2.76. The lowest BCUT2D eigenvalue weighted by Crippen LogP contribution is -2.35. The first-order valence-electron chi connectivity index (χ1n) is 7.63. The third-order valence-corrected chi connectivity index (χ3v) is 4.23. The molecule has 1 aliphatic rings. The third kappa shape index (κ3) is 4.11. The fraction of sp³-hybridized carbons (Fsp3) is 0.353. The van der Waals surface area contributed by atoms with Crippen molar-refractivity contribution in [2.24, 2.45) is 0 Å². The molecular weight excluding hydrogens is 326 g/mol. The Hall–Kier alpha value is -2.41. The van der Waals surface area contributed by atoms with Crippen molar-refractivity contribution in [1.29, 1.82) is 0 Å². The van der Waals surface area contributed by atoms with Crippen molar-refractivity contribution in [3.8, 4) is 0 Å². The van der Waals surface area contributed by atoms with Gasteiger partial charge >= 0.3 is 5.97 Å². The largest absolute Gasteiger partial charge is 0.546 e. The fourth-order valence-electron chi connectivity index (χ4n) is 2.35. The number of hydrogen-bond acceptors (Lipinski definition) is 5. The second-order valence-corrected chi connectivity index (χ2v) is 10.8. The Bertz CT molecular complexity index is 670. The smallest absolute Gasteiger partial charge is 0.309 e. The zero-order valence-electron chi connectivity index (χ0n) is 14.3. The molecule has 24 heavy (non-hydrogen) atoms. The summed E-state index contributed by atoms with van der Waals surface area (Å²) in [6, 6.07) is 6.71. The van der Waals surface area contributed by atoms with Gasteiger partial charge in [0.2, 0.25) is 8.32 Å². The van der Waals surface area contributed by atoms with Crippen LogP contribution in [0.4, 0.5) is 0 Å². The van der Waals surface area contributed by atoms with Gasteiger partial charge in [0.25, 0.3) is 11.8 Å². The van der Waals surface area contributed by atoms with Crippen LogP contribution in [0.2, 0.25) is 19.6 Å². The molecule has 6 nitrogen and oxygen atoms in total. The van der Waals surface area contributed by atoms with Gasteiger partial charge in [-0.15, -0.1) is 0 Å². The van der Waals surface area contributed by atoms with Gasteiger partial charge < -0.3 is 9.16 Å². The minimum Gasteiger partial charge on any atom is -0.546 e. The summed E-state index contributed by atoms with van der Waals surface area (Å²) in [6.07, 6.45) is 1.60. The van der Waals surface area contributed by atoms with E-state index in [0.29, 0.717) is 16.9 Å². The molecule has 1 aliphatic heterocycles. The van der Waals surface area contributed by atoms with E-state index in [1.165, 1.54) is 7.11 Å². The molecule has 0 spiro atoms. The van der Waals surface area contributed by atoms with E-state index >= 15 is 0 Å². The van der Waals surface area contributed by atoms with Gasteiger partial charge in [-0.25, -0.2) is 0 Å². The highest BCUT2D eigenvalue weighted by molar-refractivity contribution is 6.70. The number of imide groups is 1. The number of rotatable bonds is 6. The summed E-state index contributed by atoms with van der Waals surface area (Å²) < 4.78 is 10.6. The molecule has 0 unspecified atom stereocenters. The maximum absolute atomic E-state index is 12.4. The van der Waals surface area contributed by atoms with Crippen molar-refractivity contribution >= 4 is 26.1 Å². The van der Waals surface area contributed by atoms with Crippen molar-refractivity contribution in [2.75, 3.05) is 13.7 Å². The molecule has 0 aromatic heterocycles. The van der Waals surface area contributed by atoms with Gasteiger partial charge in [0.05, 0.1) is 37.0 Å².